The molecule has 2 N–H and O–H groups in total. The molecule has 1 rings (SSSR count). The Kier molecular flexibility index (Phi) is 3.91. The van der Waals surface area contributed by atoms with E-state index >= 15 is 0 Å². The number of methoxy groups -OCH3 is 1. The lowest BCUT2D eigenvalue weighted by atomic mass is 10.1. The van der Waals surface area contributed by atoms with E-state index in [0.717, 1.165) is 12.2 Å². The summed E-state index contributed by atoms with van der Waals surface area (Å²) in [7, 11) is 1.35. The van der Waals surface area contributed by atoms with E-state index in [2.05, 4.69) is 4.74 Å². The maximum Gasteiger partial charge on any atom is 0.341 e. The Hall–Kier alpha value is -1.29. The van der Waals surface area contributed by atoms with E-state index < -0.39 is 0 Å². The predicted molar refractivity (Wildman–Crippen MR) is 56.8 cm³/mol. The van der Waals surface area contributed by atoms with Gasteiger partial charge in [0.15, 0.2) is 0 Å². The summed E-state index contributed by atoms with van der Waals surface area (Å²) in [6, 6.07) is 1.78. The molecule has 0 radical (unpaired) electrons. The number of furan rings is 1. The van der Waals surface area contributed by atoms with Crippen LogP contribution >= 0.6 is 0 Å². The van der Waals surface area contributed by atoms with Crippen LogP contribution in [0.25, 0.3) is 0 Å². The van der Waals surface area contributed by atoms with Crippen molar-refractivity contribution in [1.29, 1.82) is 0 Å². The van der Waals surface area contributed by atoms with Crippen molar-refractivity contribution in [2.45, 2.75) is 32.7 Å². The summed E-state index contributed by atoms with van der Waals surface area (Å²) in [5.74, 6) is 0.954. The number of aryl methyl sites for hydroxylation is 1. The van der Waals surface area contributed by atoms with Crippen molar-refractivity contribution in [2.75, 3.05) is 7.11 Å². The van der Waals surface area contributed by atoms with E-state index in [1.165, 1.54) is 7.11 Å². The first-order chi connectivity index (χ1) is 7.08. The Morgan fingerprint density at radius 1 is 1.67 bits per heavy atom. The van der Waals surface area contributed by atoms with Crippen molar-refractivity contribution in [1.82, 2.24) is 0 Å². The molecule has 1 unspecified atom stereocenters. The average molecular weight is 211 g/mol. The molecule has 0 spiro atoms. The number of rotatable bonds is 4. The van der Waals surface area contributed by atoms with E-state index in [-0.39, 0.29) is 12.0 Å². The van der Waals surface area contributed by atoms with Crippen molar-refractivity contribution in [3.63, 3.8) is 0 Å². The smallest absolute Gasteiger partial charge is 0.341 e. The fourth-order valence-electron chi connectivity index (χ4n) is 1.36. The first-order valence-electron chi connectivity index (χ1n) is 5.01. The standard InChI is InChI=1S/C11H17NO3/c1-4-8(12)5-9-6-10(7(2)15-9)11(13)14-3/h6,8H,4-5,12H2,1-3H3. The van der Waals surface area contributed by atoms with Gasteiger partial charge in [0.2, 0.25) is 0 Å². The van der Waals surface area contributed by atoms with Crippen molar-refractivity contribution >= 4 is 5.97 Å². The summed E-state index contributed by atoms with van der Waals surface area (Å²) in [6.07, 6.45) is 1.53. The number of carbonyl (C=O) groups is 1. The Labute approximate surface area is 89.4 Å². The highest BCUT2D eigenvalue weighted by atomic mass is 16.5. The highest BCUT2D eigenvalue weighted by molar-refractivity contribution is 5.90. The van der Waals surface area contributed by atoms with Crippen molar-refractivity contribution in [3.05, 3.63) is 23.2 Å². The molecular weight excluding hydrogens is 194 g/mol. The van der Waals surface area contributed by atoms with Crippen molar-refractivity contribution in [2.24, 2.45) is 5.73 Å². The molecule has 0 aliphatic heterocycles. The Morgan fingerprint density at radius 2 is 2.33 bits per heavy atom. The van der Waals surface area contributed by atoms with Crippen LogP contribution in [0.4, 0.5) is 0 Å². The van der Waals surface area contributed by atoms with E-state index in [0.29, 0.717) is 17.7 Å². The molecule has 4 nitrogen and oxygen atoms in total. The van der Waals surface area contributed by atoms with Gasteiger partial charge in [-0.05, 0) is 19.4 Å². The maximum atomic E-state index is 11.3. The molecule has 15 heavy (non-hydrogen) atoms. The molecule has 1 aromatic rings. The normalized spacial score (nSPS) is 12.5. The largest absolute Gasteiger partial charge is 0.465 e. The molecule has 0 aliphatic rings. The van der Waals surface area contributed by atoms with E-state index in [1.54, 1.807) is 13.0 Å². The molecule has 0 saturated carbocycles. The quantitative estimate of drug-likeness (QED) is 0.769. The molecule has 84 valence electrons. The van der Waals surface area contributed by atoms with Gasteiger partial charge in [0.1, 0.15) is 17.1 Å². The van der Waals surface area contributed by atoms with Gasteiger partial charge in [-0.25, -0.2) is 4.79 Å². The fourth-order valence-corrected chi connectivity index (χ4v) is 1.36. The lowest BCUT2D eigenvalue weighted by Gasteiger charge is -2.04. The summed E-state index contributed by atoms with van der Waals surface area (Å²) in [4.78, 5) is 11.3. The zero-order valence-electron chi connectivity index (χ0n) is 9.37. The third-order valence-corrected chi connectivity index (χ3v) is 2.36. The first-order valence-corrected chi connectivity index (χ1v) is 5.01. The zero-order chi connectivity index (χ0) is 11.4. The lowest BCUT2D eigenvalue weighted by Crippen LogP contribution is -2.20. The Bertz CT molecular complexity index is 344. The third-order valence-electron chi connectivity index (χ3n) is 2.36. The van der Waals surface area contributed by atoms with Crippen LogP contribution in [0.5, 0.6) is 0 Å². The summed E-state index contributed by atoms with van der Waals surface area (Å²) in [5, 5.41) is 0. The van der Waals surface area contributed by atoms with E-state index in [9.17, 15) is 4.79 Å². The number of nitrogens with two attached hydrogens (primary N) is 1. The third kappa shape index (κ3) is 2.83. The number of carbonyl (C=O) groups excluding carboxylic acids is 1. The minimum atomic E-state index is -0.368. The van der Waals surface area contributed by atoms with Gasteiger partial charge in [-0.15, -0.1) is 0 Å². The summed E-state index contributed by atoms with van der Waals surface area (Å²) < 4.78 is 10.1. The van der Waals surface area contributed by atoms with Crippen LogP contribution in [0.2, 0.25) is 0 Å². The van der Waals surface area contributed by atoms with Crippen LogP contribution < -0.4 is 5.73 Å². The second-order valence-corrected chi connectivity index (χ2v) is 3.55. The number of esters is 1. The van der Waals surface area contributed by atoms with Crippen LogP contribution in [-0.4, -0.2) is 19.1 Å². The molecule has 0 bridgehead atoms. The van der Waals surface area contributed by atoms with Crippen LogP contribution in [0, 0.1) is 6.92 Å². The van der Waals surface area contributed by atoms with Gasteiger partial charge in [0.05, 0.1) is 7.11 Å². The number of hydrogen-bond acceptors (Lipinski definition) is 4. The van der Waals surface area contributed by atoms with Crippen LogP contribution in [-0.2, 0) is 11.2 Å². The van der Waals surface area contributed by atoms with Crippen LogP contribution in [0.1, 0.15) is 35.2 Å². The van der Waals surface area contributed by atoms with Crippen molar-refractivity contribution in [3.8, 4) is 0 Å². The minimum absolute atomic E-state index is 0.0704. The zero-order valence-corrected chi connectivity index (χ0v) is 9.37. The van der Waals surface area contributed by atoms with Gasteiger partial charge < -0.3 is 14.9 Å². The van der Waals surface area contributed by atoms with E-state index in [1.807, 2.05) is 6.92 Å². The highest BCUT2D eigenvalue weighted by Crippen LogP contribution is 2.17. The number of hydrogen-bond donors (Lipinski definition) is 1. The van der Waals surface area contributed by atoms with Gasteiger partial charge in [-0.1, -0.05) is 6.92 Å². The van der Waals surface area contributed by atoms with Gasteiger partial charge in [0, 0.05) is 12.5 Å². The van der Waals surface area contributed by atoms with Crippen LogP contribution in [0.3, 0.4) is 0 Å². The monoisotopic (exact) mass is 211 g/mol. The molecule has 1 heterocycles. The molecule has 4 heteroatoms. The minimum Gasteiger partial charge on any atom is -0.465 e. The Balaban J connectivity index is 2.81. The predicted octanol–water partition coefficient (Wildman–Crippen LogP) is 1.65. The molecule has 0 aromatic carbocycles. The van der Waals surface area contributed by atoms with Gasteiger partial charge in [-0.2, -0.15) is 0 Å². The average Bonchev–Trinajstić information content (AvgIpc) is 2.58. The number of ether oxygens (including phenoxy) is 1. The first kappa shape index (κ1) is 11.8. The van der Waals surface area contributed by atoms with Gasteiger partial charge >= 0.3 is 5.97 Å². The second-order valence-electron chi connectivity index (χ2n) is 3.55. The SMILES string of the molecule is CCC(N)Cc1cc(C(=O)OC)c(C)o1. The van der Waals surface area contributed by atoms with Gasteiger partial charge in [-0.3, -0.25) is 0 Å². The molecule has 0 amide bonds. The maximum absolute atomic E-state index is 11.3. The molecule has 0 saturated heterocycles. The van der Waals surface area contributed by atoms with Gasteiger partial charge in [0.25, 0.3) is 0 Å². The topological polar surface area (TPSA) is 65.5 Å². The summed E-state index contributed by atoms with van der Waals surface area (Å²) in [5.41, 5.74) is 6.28. The van der Waals surface area contributed by atoms with Crippen LogP contribution in [0.15, 0.2) is 10.5 Å². The lowest BCUT2D eigenvalue weighted by molar-refractivity contribution is 0.0599. The second kappa shape index (κ2) is 4.98. The molecule has 0 aliphatic carbocycles. The van der Waals surface area contributed by atoms with E-state index in [4.69, 9.17) is 10.2 Å². The summed E-state index contributed by atoms with van der Waals surface area (Å²) >= 11 is 0. The highest BCUT2D eigenvalue weighted by Gasteiger charge is 2.16. The molecule has 1 aromatic heterocycles. The molecular formula is C11H17NO3. The summed E-state index contributed by atoms with van der Waals surface area (Å²) in [6.45, 7) is 3.76. The molecule has 0 fully saturated rings. The molecule has 1 atom stereocenters. The Morgan fingerprint density at radius 3 is 2.87 bits per heavy atom. The van der Waals surface area contributed by atoms with Crippen molar-refractivity contribution < 1.29 is 13.9 Å². The fraction of sp³-hybridized carbons (Fsp3) is 0.545.